The maximum Gasteiger partial charge on any atom is 0.338 e. The Kier molecular flexibility index (Phi) is 4.49. The van der Waals surface area contributed by atoms with Crippen molar-refractivity contribution in [2.24, 2.45) is 0 Å². The van der Waals surface area contributed by atoms with Gasteiger partial charge in [0, 0.05) is 6.42 Å². The molecule has 1 aliphatic rings. The molecule has 1 aliphatic heterocycles. The zero-order valence-corrected chi connectivity index (χ0v) is 10.2. The molecule has 1 aromatic carbocycles. The molecule has 0 bridgehead atoms. The van der Waals surface area contributed by atoms with Gasteiger partial charge in [0.25, 0.3) is 0 Å². The van der Waals surface area contributed by atoms with E-state index in [0.29, 0.717) is 5.56 Å². The minimum atomic E-state index is -1.47. The van der Waals surface area contributed by atoms with E-state index in [-0.39, 0.29) is 13.0 Å². The van der Waals surface area contributed by atoms with Gasteiger partial charge in [-0.3, -0.25) is 0 Å². The van der Waals surface area contributed by atoms with Crippen LogP contribution in [-0.2, 0) is 9.47 Å². The number of hydrogen-bond donors (Lipinski definition) is 3. The van der Waals surface area contributed by atoms with Gasteiger partial charge in [0.2, 0.25) is 0 Å². The second-order valence-corrected chi connectivity index (χ2v) is 4.41. The standard InChI is InChI=1S/C13H16O6/c14-10-6-9(19-13(17)11(10)15)7-18-12(16)8-4-2-1-3-5-8/h1-5,9-11,13-15,17H,6-7H2/t9-,10?,11?,13?/m1/s1. The van der Waals surface area contributed by atoms with Crippen molar-refractivity contribution in [1.82, 2.24) is 0 Å². The summed E-state index contributed by atoms with van der Waals surface area (Å²) in [5, 5.41) is 28.1. The van der Waals surface area contributed by atoms with Crippen LogP contribution in [0.25, 0.3) is 0 Å². The van der Waals surface area contributed by atoms with Gasteiger partial charge in [-0.05, 0) is 12.1 Å². The van der Waals surface area contributed by atoms with E-state index in [4.69, 9.17) is 9.47 Å². The Morgan fingerprint density at radius 1 is 1.26 bits per heavy atom. The van der Waals surface area contributed by atoms with Crippen molar-refractivity contribution in [1.29, 1.82) is 0 Å². The summed E-state index contributed by atoms with van der Waals surface area (Å²) in [6, 6.07) is 8.47. The maximum absolute atomic E-state index is 11.7. The highest BCUT2D eigenvalue weighted by atomic mass is 16.6. The number of benzene rings is 1. The van der Waals surface area contributed by atoms with Gasteiger partial charge in [0.05, 0.1) is 17.8 Å². The average molecular weight is 268 g/mol. The summed E-state index contributed by atoms with van der Waals surface area (Å²) in [6.45, 7) is -0.0887. The van der Waals surface area contributed by atoms with Crippen LogP contribution >= 0.6 is 0 Å². The zero-order valence-electron chi connectivity index (χ0n) is 10.2. The molecule has 0 aromatic heterocycles. The van der Waals surface area contributed by atoms with Crippen LogP contribution in [0.2, 0.25) is 0 Å². The molecule has 6 heteroatoms. The van der Waals surface area contributed by atoms with Crippen LogP contribution in [0.4, 0.5) is 0 Å². The Bertz CT molecular complexity index is 408. The predicted molar refractivity (Wildman–Crippen MR) is 64.2 cm³/mol. The molecule has 19 heavy (non-hydrogen) atoms. The van der Waals surface area contributed by atoms with E-state index >= 15 is 0 Å². The molecule has 3 unspecified atom stereocenters. The third-order valence-corrected chi connectivity index (χ3v) is 2.93. The molecule has 3 N–H and O–H groups in total. The van der Waals surface area contributed by atoms with Crippen molar-refractivity contribution in [3.05, 3.63) is 35.9 Å². The minimum Gasteiger partial charge on any atom is -0.459 e. The molecule has 1 saturated heterocycles. The highest BCUT2D eigenvalue weighted by Crippen LogP contribution is 2.19. The highest BCUT2D eigenvalue weighted by Gasteiger charge is 2.36. The summed E-state index contributed by atoms with van der Waals surface area (Å²) in [5.41, 5.74) is 0.416. The Labute approximate surface area is 110 Å². The Hall–Kier alpha value is -1.47. The Morgan fingerprint density at radius 3 is 2.58 bits per heavy atom. The lowest BCUT2D eigenvalue weighted by Gasteiger charge is -2.33. The van der Waals surface area contributed by atoms with E-state index in [2.05, 4.69) is 0 Å². The van der Waals surface area contributed by atoms with Gasteiger partial charge in [-0.1, -0.05) is 18.2 Å². The molecular formula is C13H16O6. The van der Waals surface area contributed by atoms with E-state index in [1.807, 2.05) is 0 Å². The lowest BCUT2D eigenvalue weighted by atomic mass is 10.0. The summed E-state index contributed by atoms with van der Waals surface area (Å²) in [7, 11) is 0. The number of rotatable bonds is 3. The van der Waals surface area contributed by atoms with Crippen molar-refractivity contribution >= 4 is 5.97 Å². The first-order valence-corrected chi connectivity index (χ1v) is 6.00. The van der Waals surface area contributed by atoms with Crippen LogP contribution in [0.15, 0.2) is 30.3 Å². The summed E-state index contributed by atoms with van der Waals surface area (Å²) in [4.78, 5) is 11.7. The number of aliphatic hydroxyl groups excluding tert-OH is 3. The molecule has 0 spiro atoms. The fraction of sp³-hybridized carbons (Fsp3) is 0.462. The molecule has 6 nitrogen and oxygen atoms in total. The third-order valence-electron chi connectivity index (χ3n) is 2.93. The van der Waals surface area contributed by atoms with E-state index in [1.165, 1.54) is 0 Å². The summed E-state index contributed by atoms with van der Waals surface area (Å²) in [6.07, 6.45) is -4.43. The van der Waals surface area contributed by atoms with E-state index < -0.39 is 30.6 Å². The number of carbonyl (C=O) groups is 1. The Balaban J connectivity index is 1.84. The second kappa shape index (κ2) is 6.12. The second-order valence-electron chi connectivity index (χ2n) is 4.41. The quantitative estimate of drug-likeness (QED) is 0.650. The SMILES string of the molecule is O=C(OC[C@H]1CC(O)C(O)C(O)O1)c1ccccc1. The van der Waals surface area contributed by atoms with Crippen molar-refractivity contribution in [2.45, 2.75) is 31.0 Å². The first-order valence-electron chi connectivity index (χ1n) is 6.00. The van der Waals surface area contributed by atoms with Crippen molar-refractivity contribution in [3.8, 4) is 0 Å². The number of carbonyl (C=O) groups excluding carboxylic acids is 1. The van der Waals surface area contributed by atoms with Crippen molar-refractivity contribution in [3.63, 3.8) is 0 Å². The van der Waals surface area contributed by atoms with E-state index in [1.54, 1.807) is 30.3 Å². The van der Waals surface area contributed by atoms with Crippen LogP contribution in [-0.4, -0.2) is 52.5 Å². The van der Waals surface area contributed by atoms with Gasteiger partial charge in [0.15, 0.2) is 6.29 Å². The molecule has 1 heterocycles. The minimum absolute atomic E-state index is 0.0887. The van der Waals surface area contributed by atoms with Crippen LogP contribution < -0.4 is 0 Å². The molecule has 1 fully saturated rings. The first kappa shape index (κ1) is 14.0. The fourth-order valence-electron chi connectivity index (χ4n) is 1.87. The van der Waals surface area contributed by atoms with Crippen LogP contribution in [0.1, 0.15) is 16.8 Å². The molecule has 2 rings (SSSR count). The monoisotopic (exact) mass is 268 g/mol. The van der Waals surface area contributed by atoms with Gasteiger partial charge in [-0.2, -0.15) is 0 Å². The molecule has 104 valence electrons. The molecular weight excluding hydrogens is 252 g/mol. The van der Waals surface area contributed by atoms with Crippen LogP contribution in [0.5, 0.6) is 0 Å². The molecule has 0 amide bonds. The van der Waals surface area contributed by atoms with Gasteiger partial charge in [0.1, 0.15) is 12.7 Å². The lowest BCUT2D eigenvalue weighted by molar-refractivity contribution is -0.251. The number of hydrogen-bond acceptors (Lipinski definition) is 6. The maximum atomic E-state index is 11.7. The molecule has 0 aliphatic carbocycles. The summed E-state index contributed by atoms with van der Waals surface area (Å²) >= 11 is 0. The molecule has 1 aromatic rings. The Morgan fingerprint density at radius 2 is 1.95 bits per heavy atom. The van der Waals surface area contributed by atoms with E-state index in [9.17, 15) is 20.1 Å². The van der Waals surface area contributed by atoms with Crippen molar-refractivity contribution < 1.29 is 29.6 Å². The first-order chi connectivity index (χ1) is 9.08. The van der Waals surface area contributed by atoms with Crippen LogP contribution in [0.3, 0.4) is 0 Å². The predicted octanol–water partition coefficient (Wildman–Crippen LogP) is -0.328. The normalized spacial score (nSPS) is 30.9. The van der Waals surface area contributed by atoms with Crippen LogP contribution in [0, 0.1) is 0 Å². The number of aliphatic hydroxyl groups is 3. The number of esters is 1. The molecule has 0 radical (unpaired) electrons. The van der Waals surface area contributed by atoms with Gasteiger partial charge in [-0.15, -0.1) is 0 Å². The average Bonchev–Trinajstić information content (AvgIpc) is 2.43. The van der Waals surface area contributed by atoms with Gasteiger partial charge >= 0.3 is 5.97 Å². The zero-order chi connectivity index (χ0) is 13.8. The van der Waals surface area contributed by atoms with E-state index in [0.717, 1.165) is 0 Å². The highest BCUT2D eigenvalue weighted by molar-refractivity contribution is 5.89. The molecule has 0 saturated carbocycles. The van der Waals surface area contributed by atoms with Gasteiger partial charge in [-0.25, -0.2) is 4.79 Å². The molecule has 4 atom stereocenters. The topological polar surface area (TPSA) is 96.2 Å². The summed E-state index contributed by atoms with van der Waals surface area (Å²) in [5.74, 6) is -0.501. The smallest absolute Gasteiger partial charge is 0.338 e. The van der Waals surface area contributed by atoms with Crippen molar-refractivity contribution in [2.75, 3.05) is 6.61 Å². The number of ether oxygens (including phenoxy) is 2. The fourth-order valence-corrected chi connectivity index (χ4v) is 1.87. The largest absolute Gasteiger partial charge is 0.459 e. The van der Waals surface area contributed by atoms with Gasteiger partial charge < -0.3 is 24.8 Å². The third kappa shape index (κ3) is 3.51. The lowest BCUT2D eigenvalue weighted by Crippen LogP contribution is -2.49. The summed E-state index contributed by atoms with van der Waals surface area (Å²) < 4.78 is 10.1.